The first-order chi connectivity index (χ1) is 9.00. The van der Waals surface area contributed by atoms with Gasteiger partial charge in [-0.15, -0.1) is 10.2 Å². The highest BCUT2D eigenvalue weighted by Gasteiger charge is 2.30. The first-order valence-electron chi connectivity index (χ1n) is 6.92. The smallest absolute Gasteiger partial charge is 0.222 e. The Kier molecular flexibility index (Phi) is 4.19. The van der Waals surface area contributed by atoms with E-state index in [9.17, 15) is 4.79 Å². The summed E-state index contributed by atoms with van der Waals surface area (Å²) >= 11 is 0. The van der Waals surface area contributed by atoms with Gasteiger partial charge in [0.15, 0.2) is 5.82 Å². The van der Waals surface area contributed by atoms with Gasteiger partial charge >= 0.3 is 0 Å². The molecule has 3 N–H and O–H groups in total. The van der Waals surface area contributed by atoms with Crippen LogP contribution in [0.5, 0.6) is 0 Å². The first-order valence-corrected chi connectivity index (χ1v) is 6.92. The summed E-state index contributed by atoms with van der Waals surface area (Å²) in [6.07, 6.45) is 7.40. The lowest BCUT2D eigenvalue weighted by atomic mass is 9.80. The van der Waals surface area contributed by atoms with Crippen LogP contribution in [0.4, 0.5) is 0 Å². The number of aromatic nitrogens is 3. The van der Waals surface area contributed by atoms with Crippen molar-refractivity contribution in [3.8, 4) is 0 Å². The van der Waals surface area contributed by atoms with E-state index in [4.69, 9.17) is 5.73 Å². The molecule has 0 radical (unpaired) electrons. The second kappa shape index (κ2) is 5.69. The summed E-state index contributed by atoms with van der Waals surface area (Å²) in [5, 5.41) is 10.8. The largest absolute Gasteiger partial charge is 0.346 e. The Morgan fingerprint density at radius 3 is 2.79 bits per heavy atom. The third-order valence-electron chi connectivity index (χ3n) is 3.87. The van der Waals surface area contributed by atoms with Crippen molar-refractivity contribution >= 4 is 5.91 Å². The van der Waals surface area contributed by atoms with Crippen molar-refractivity contribution < 1.29 is 4.79 Å². The van der Waals surface area contributed by atoms with Gasteiger partial charge in [-0.1, -0.05) is 19.3 Å². The third-order valence-corrected chi connectivity index (χ3v) is 3.87. The average molecular weight is 265 g/mol. The summed E-state index contributed by atoms with van der Waals surface area (Å²) in [6.45, 7) is 1.91. The molecule has 1 heterocycles. The van der Waals surface area contributed by atoms with Crippen molar-refractivity contribution in [3.05, 3.63) is 12.2 Å². The molecular weight excluding hydrogens is 242 g/mol. The summed E-state index contributed by atoms with van der Waals surface area (Å²) in [6, 6.07) is -0.146. The number of nitrogens with one attached hydrogen (secondary N) is 1. The van der Waals surface area contributed by atoms with Gasteiger partial charge in [0.25, 0.3) is 0 Å². The number of hydrogen-bond donors (Lipinski definition) is 2. The monoisotopic (exact) mass is 265 g/mol. The molecule has 6 nitrogen and oxygen atoms in total. The molecule has 0 saturated heterocycles. The van der Waals surface area contributed by atoms with Crippen LogP contribution in [0, 0.1) is 0 Å². The van der Waals surface area contributed by atoms with Crippen molar-refractivity contribution in [1.29, 1.82) is 0 Å². The molecule has 1 fully saturated rings. The Bertz CT molecular complexity index is 436. The number of aryl methyl sites for hydroxylation is 1. The molecule has 2 rings (SSSR count). The van der Waals surface area contributed by atoms with Crippen LogP contribution in [0.15, 0.2) is 6.33 Å². The molecule has 0 spiro atoms. The molecule has 106 valence electrons. The van der Waals surface area contributed by atoms with E-state index in [1.54, 1.807) is 6.33 Å². The summed E-state index contributed by atoms with van der Waals surface area (Å²) in [5.74, 6) is 0.753. The number of carbonyl (C=O) groups is 1. The lowest BCUT2D eigenvalue weighted by molar-refractivity contribution is -0.123. The molecule has 0 aromatic carbocycles. The van der Waals surface area contributed by atoms with Crippen molar-refractivity contribution in [2.75, 3.05) is 0 Å². The molecule has 1 aliphatic rings. The standard InChI is InChI=1S/C13H23N5O/c1-10(12-17-15-9-18(12)2)16-11(19)8-13(14)6-4-3-5-7-13/h9-10H,3-8,14H2,1-2H3,(H,16,19). The molecule has 0 aliphatic heterocycles. The van der Waals surface area contributed by atoms with Gasteiger partial charge in [-0.2, -0.15) is 0 Å². The number of nitrogens with zero attached hydrogens (tertiary/aromatic N) is 3. The molecule has 1 saturated carbocycles. The topological polar surface area (TPSA) is 85.8 Å². The van der Waals surface area contributed by atoms with E-state index in [1.807, 2.05) is 18.5 Å². The molecule has 1 aromatic rings. The second-order valence-corrected chi connectivity index (χ2v) is 5.69. The van der Waals surface area contributed by atoms with E-state index in [0.717, 1.165) is 31.5 Å². The normalized spacial score (nSPS) is 19.9. The van der Waals surface area contributed by atoms with Crippen molar-refractivity contribution in [2.45, 2.75) is 57.0 Å². The summed E-state index contributed by atoms with van der Waals surface area (Å²) < 4.78 is 1.81. The molecule has 1 amide bonds. The van der Waals surface area contributed by atoms with E-state index >= 15 is 0 Å². The highest BCUT2D eigenvalue weighted by atomic mass is 16.1. The molecule has 1 unspecified atom stereocenters. The predicted molar refractivity (Wildman–Crippen MR) is 72.2 cm³/mol. The fourth-order valence-electron chi connectivity index (χ4n) is 2.79. The molecular formula is C13H23N5O. The molecule has 6 heteroatoms. The summed E-state index contributed by atoms with van der Waals surface area (Å²) in [4.78, 5) is 12.1. The zero-order chi connectivity index (χ0) is 13.9. The van der Waals surface area contributed by atoms with E-state index in [1.165, 1.54) is 6.42 Å². The van der Waals surface area contributed by atoms with Crippen LogP contribution in [0.3, 0.4) is 0 Å². The van der Waals surface area contributed by atoms with Crippen molar-refractivity contribution in [2.24, 2.45) is 12.8 Å². The quantitative estimate of drug-likeness (QED) is 0.852. The van der Waals surface area contributed by atoms with E-state index in [2.05, 4.69) is 15.5 Å². The predicted octanol–water partition coefficient (Wildman–Crippen LogP) is 1.04. The number of rotatable bonds is 4. The second-order valence-electron chi connectivity index (χ2n) is 5.69. The van der Waals surface area contributed by atoms with Crippen molar-refractivity contribution in [3.63, 3.8) is 0 Å². The highest BCUT2D eigenvalue weighted by molar-refractivity contribution is 5.77. The maximum absolute atomic E-state index is 12.1. The minimum absolute atomic E-state index is 0.0000926. The third kappa shape index (κ3) is 3.53. The zero-order valence-electron chi connectivity index (χ0n) is 11.7. The van der Waals surface area contributed by atoms with Crippen LogP contribution in [-0.4, -0.2) is 26.2 Å². The van der Waals surface area contributed by atoms with Crippen LogP contribution in [0.25, 0.3) is 0 Å². The van der Waals surface area contributed by atoms with E-state index in [0.29, 0.717) is 6.42 Å². The minimum atomic E-state index is -0.318. The number of nitrogens with two attached hydrogens (primary N) is 1. The summed E-state index contributed by atoms with van der Waals surface area (Å²) in [5.41, 5.74) is 5.97. The molecule has 1 aliphatic carbocycles. The summed E-state index contributed by atoms with van der Waals surface area (Å²) in [7, 11) is 1.86. The number of hydrogen-bond acceptors (Lipinski definition) is 4. The van der Waals surface area contributed by atoms with Gasteiger partial charge in [0.2, 0.25) is 5.91 Å². The Morgan fingerprint density at radius 1 is 1.53 bits per heavy atom. The van der Waals surface area contributed by atoms with Crippen LogP contribution in [-0.2, 0) is 11.8 Å². The maximum atomic E-state index is 12.1. The molecule has 19 heavy (non-hydrogen) atoms. The number of amides is 1. The molecule has 1 atom stereocenters. The van der Waals surface area contributed by atoms with Gasteiger partial charge < -0.3 is 15.6 Å². The van der Waals surface area contributed by atoms with Gasteiger partial charge in [0.1, 0.15) is 6.33 Å². The lowest BCUT2D eigenvalue weighted by Crippen LogP contribution is -2.46. The Labute approximate surface area is 113 Å². The van der Waals surface area contributed by atoms with Crippen molar-refractivity contribution in [1.82, 2.24) is 20.1 Å². The fourth-order valence-corrected chi connectivity index (χ4v) is 2.79. The highest BCUT2D eigenvalue weighted by Crippen LogP contribution is 2.28. The first kappa shape index (κ1) is 14.0. The SMILES string of the molecule is CC(NC(=O)CC1(N)CCCCC1)c1nncn1C. The maximum Gasteiger partial charge on any atom is 0.222 e. The van der Waals surface area contributed by atoms with Gasteiger partial charge in [-0.05, 0) is 19.8 Å². The van der Waals surface area contributed by atoms with Gasteiger partial charge in [-0.3, -0.25) is 4.79 Å². The Balaban J connectivity index is 1.89. The molecule has 0 bridgehead atoms. The van der Waals surface area contributed by atoms with E-state index in [-0.39, 0.29) is 17.5 Å². The Hall–Kier alpha value is -1.43. The van der Waals surface area contributed by atoms with Gasteiger partial charge in [-0.25, -0.2) is 0 Å². The fraction of sp³-hybridized carbons (Fsp3) is 0.769. The lowest BCUT2D eigenvalue weighted by Gasteiger charge is -2.33. The van der Waals surface area contributed by atoms with E-state index < -0.39 is 0 Å². The van der Waals surface area contributed by atoms with Crippen LogP contribution < -0.4 is 11.1 Å². The number of carbonyl (C=O) groups excluding carboxylic acids is 1. The average Bonchev–Trinajstić information content (AvgIpc) is 2.75. The van der Waals surface area contributed by atoms with Gasteiger partial charge in [0.05, 0.1) is 6.04 Å². The molecule has 1 aromatic heterocycles. The van der Waals surface area contributed by atoms with Crippen LogP contribution in [0.1, 0.15) is 57.3 Å². The zero-order valence-corrected chi connectivity index (χ0v) is 11.7. The van der Waals surface area contributed by atoms with Crippen LogP contribution >= 0.6 is 0 Å². The van der Waals surface area contributed by atoms with Crippen LogP contribution in [0.2, 0.25) is 0 Å². The minimum Gasteiger partial charge on any atom is -0.346 e. The van der Waals surface area contributed by atoms with Gasteiger partial charge in [0, 0.05) is 19.0 Å². The Morgan fingerprint density at radius 2 is 2.21 bits per heavy atom.